The zero-order chi connectivity index (χ0) is 25.8. The van der Waals surface area contributed by atoms with Gasteiger partial charge in [-0.15, -0.1) is 11.8 Å². The Morgan fingerprint density at radius 1 is 1.24 bits per heavy atom. The smallest absolute Gasteiger partial charge is 0.306 e. The molecule has 0 unspecified atom stereocenters. The number of ether oxygens (including phenoxy) is 2. The summed E-state index contributed by atoms with van der Waals surface area (Å²) >= 11 is 1.54. The first-order valence-corrected chi connectivity index (χ1v) is 13.5. The van der Waals surface area contributed by atoms with Gasteiger partial charge in [-0.3, -0.25) is 14.6 Å². The number of aryl methyl sites for hydroxylation is 1. The lowest BCUT2D eigenvalue weighted by Gasteiger charge is -2.37. The summed E-state index contributed by atoms with van der Waals surface area (Å²) in [7, 11) is 1.66. The molecule has 1 saturated heterocycles. The minimum atomic E-state index is -0.863. The van der Waals surface area contributed by atoms with Gasteiger partial charge >= 0.3 is 5.97 Å². The summed E-state index contributed by atoms with van der Waals surface area (Å²) in [5.74, 6) is 0.382. The Hall–Kier alpha value is -3.14. The van der Waals surface area contributed by atoms with Gasteiger partial charge in [-0.1, -0.05) is 6.07 Å². The molecule has 2 aliphatic heterocycles. The summed E-state index contributed by atoms with van der Waals surface area (Å²) in [6.07, 6.45) is 4.69. The SMILES string of the molecule is COc1ccc2nccc(CC[C@@H]3CC[C@@H](NCc4ccc5c(c4)NC(=O)CS5)[C@@H](CC(=O)O)O3)c2c1. The van der Waals surface area contributed by atoms with Gasteiger partial charge in [0.15, 0.2) is 0 Å². The van der Waals surface area contributed by atoms with Gasteiger partial charge in [0.25, 0.3) is 0 Å². The Morgan fingerprint density at radius 3 is 2.97 bits per heavy atom. The number of aromatic nitrogens is 1. The number of amides is 1. The molecule has 3 aromatic rings. The zero-order valence-corrected chi connectivity index (χ0v) is 21.6. The molecule has 0 radical (unpaired) electrons. The van der Waals surface area contributed by atoms with E-state index in [1.165, 1.54) is 17.3 Å². The summed E-state index contributed by atoms with van der Waals surface area (Å²) in [5, 5.41) is 17.0. The van der Waals surface area contributed by atoms with E-state index in [1.54, 1.807) is 7.11 Å². The number of anilines is 1. The molecule has 194 valence electrons. The van der Waals surface area contributed by atoms with Crippen molar-refractivity contribution in [1.82, 2.24) is 10.3 Å². The lowest BCUT2D eigenvalue weighted by molar-refractivity contribution is -0.145. The van der Waals surface area contributed by atoms with Crippen LogP contribution < -0.4 is 15.4 Å². The monoisotopic (exact) mass is 521 g/mol. The number of fused-ring (bicyclic) bond motifs is 2. The third kappa shape index (κ3) is 6.23. The van der Waals surface area contributed by atoms with Crippen molar-refractivity contribution >= 4 is 40.2 Å². The van der Waals surface area contributed by atoms with Gasteiger partial charge in [0, 0.05) is 29.1 Å². The molecule has 5 rings (SSSR count). The molecule has 0 bridgehead atoms. The fourth-order valence-electron chi connectivity index (χ4n) is 5.10. The van der Waals surface area contributed by atoms with E-state index in [-0.39, 0.29) is 24.5 Å². The zero-order valence-electron chi connectivity index (χ0n) is 20.7. The second-order valence-electron chi connectivity index (χ2n) is 9.52. The van der Waals surface area contributed by atoms with E-state index in [2.05, 4.69) is 15.6 Å². The number of nitrogens with one attached hydrogen (secondary N) is 2. The highest BCUT2D eigenvalue weighted by Gasteiger charge is 2.32. The summed E-state index contributed by atoms with van der Waals surface area (Å²) in [4.78, 5) is 28.9. The number of methoxy groups -OCH3 is 1. The highest BCUT2D eigenvalue weighted by Crippen LogP contribution is 2.32. The number of benzene rings is 2. The molecule has 3 heterocycles. The van der Waals surface area contributed by atoms with E-state index in [9.17, 15) is 14.7 Å². The van der Waals surface area contributed by atoms with Crippen LogP contribution in [0.4, 0.5) is 5.69 Å². The summed E-state index contributed by atoms with van der Waals surface area (Å²) < 4.78 is 11.7. The summed E-state index contributed by atoms with van der Waals surface area (Å²) in [6, 6.07) is 13.9. The van der Waals surface area contributed by atoms with Crippen LogP contribution in [0.1, 0.15) is 36.8 Å². The molecule has 2 aliphatic rings. The number of rotatable bonds is 9. The second-order valence-corrected chi connectivity index (χ2v) is 10.5. The van der Waals surface area contributed by atoms with Gasteiger partial charge in [0.2, 0.25) is 5.91 Å². The van der Waals surface area contributed by atoms with Gasteiger partial charge in [-0.2, -0.15) is 0 Å². The molecular weight excluding hydrogens is 490 g/mol. The van der Waals surface area contributed by atoms with Gasteiger partial charge in [-0.25, -0.2) is 0 Å². The predicted molar refractivity (Wildman–Crippen MR) is 143 cm³/mol. The van der Waals surface area contributed by atoms with Crippen LogP contribution in [-0.4, -0.2) is 53.1 Å². The normalized spacial score (nSPS) is 21.3. The molecule has 0 aliphatic carbocycles. The minimum Gasteiger partial charge on any atom is -0.497 e. The maximum Gasteiger partial charge on any atom is 0.306 e. The van der Waals surface area contributed by atoms with Crippen LogP contribution in [-0.2, 0) is 27.3 Å². The van der Waals surface area contributed by atoms with Crippen molar-refractivity contribution in [2.75, 3.05) is 18.2 Å². The molecule has 1 aromatic heterocycles. The standard InChI is InChI=1S/C28H31N3O5S/c1-35-20-6-7-22-21(13-20)18(10-11-29-22)3-4-19-5-8-23(25(36-19)14-28(33)34)30-15-17-2-9-26-24(12-17)31-27(32)16-37-26/h2,6-7,9-13,19,23,25,30H,3-5,8,14-16H2,1H3,(H,31,32)(H,33,34)/t19-,23-,25-/m1/s1. The van der Waals surface area contributed by atoms with Crippen molar-refractivity contribution in [3.63, 3.8) is 0 Å². The van der Waals surface area contributed by atoms with Crippen LogP contribution in [0.15, 0.2) is 53.6 Å². The molecular formula is C28H31N3O5S. The molecule has 0 saturated carbocycles. The van der Waals surface area contributed by atoms with Gasteiger partial charge < -0.3 is 25.2 Å². The molecule has 1 fully saturated rings. The Bertz CT molecular complexity index is 1300. The maximum atomic E-state index is 11.7. The number of carbonyl (C=O) groups excluding carboxylic acids is 1. The highest BCUT2D eigenvalue weighted by atomic mass is 32.2. The highest BCUT2D eigenvalue weighted by molar-refractivity contribution is 8.00. The van der Waals surface area contributed by atoms with Crippen molar-refractivity contribution in [2.45, 2.75) is 61.8 Å². The summed E-state index contributed by atoms with van der Waals surface area (Å²) in [6.45, 7) is 0.577. The number of pyridine rings is 1. The molecule has 0 spiro atoms. The van der Waals surface area contributed by atoms with Crippen molar-refractivity contribution in [1.29, 1.82) is 0 Å². The van der Waals surface area contributed by atoms with Crippen LogP contribution >= 0.6 is 11.8 Å². The second kappa shape index (κ2) is 11.5. The molecule has 8 nitrogen and oxygen atoms in total. The van der Waals surface area contributed by atoms with E-state index in [0.29, 0.717) is 12.3 Å². The van der Waals surface area contributed by atoms with E-state index in [0.717, 1.165) is 58.5 Å². The summed E-state index contributed by atoms with van der Waals surface area (Å²) in [5.41, 5.74) is 3.98. The fraction of sp³-hybridized carbons (Fsp3) is 0.393. The molecule has 2 aromatic carbocycles. The lowest BCUT2D eigenvalue weighted by Crippen LogP contribution is -2.48. The third-order valence-corrected chi connectivity index (χ3v) is 8.08. The van der Waals surface area contributed by atoms with Crippen LogP contribution in [0.25, 0.3) is 10.9 Å². The predicted octanol–water partition coefficient (Wildman–Crippen LogP) is 4.40. The third-order valence-electron chi connectivity index (χ3n) is 7.01. The number of thioether (sulfide) groups is 1. The fourth-order valence-corrected chi connectivity index (χ4v) is 5.89. The van der Waals surface area contributed by atoms with Crippen LogP contribution in [0.5, 0.6) is 5.75 Å². The number of hydrogen-bond donors (Lipinski definition) is 3. The van der Waals surface area contributed by atoms with Gasteiger partial charge in [0.05, 0.1) is 42.7 Å². The maximum absolute atomic E-state index is 11.7. The molecule has 37 heavy (non-hydrogen) atoms. The number of nitrogens with zero attached hydrogens (tertiary/aromatic N) is 1. The van der Waals surface area contributed by atoms with Crippen LogP contribution in [0.2, 0.25) is 0 Å². The van der Waals surface area contributed by atoms with Crippen LogP contribution in [0.3, 0.4) is 0 Å². The Morgan fingerprint density at radius 2 is 2.14 bits per heavy atom. The number of hydrogen-bond acceptors (Lipinski definition) is 7. The molecule has 3 atom stereocenters. The van der Waals surface area contributed by atoms with E-state index >= 15 is 0 Å². The first-order chi connectivity index (χ1) is 18.0. The first kappa shape index (κ1) is 25.5. The largest absolute Gasteiger partial charge is 0.497 e. The Kier molecular flexibility index (Phi) is 7.93. The van der Waals surface area contributed by atoms with Crippen molar-refractivity contribution in [3.8, 4) is 5.75 Å². The van der Waals surface area contributed by atoms with Crippen molar-refractivity contribution in [2.24, 2.45) is 0 Å². The minimum absolute atomic E-state index is 0.00722. The Balaban J connectivity index is 1.21. The van der Waals surface area contributed by atoms with Gasteiger partial charge in [-0.05, 0) is 73.2 Å². The average molecular weight is 522 g/mol. The first-order valence-electron chi connectivity index (χ1n) is 12.6. The number of carboxylic acids is 1. The number of aliphatic carboxylic acids is 1. The number of carboxylic acid groups (broad SMARTS) is 1. The quantitative estimate of drug-likeness (QED) is 0.380. The molecule has 3 N–H and O–H groups in total. The molecule has 1 amide bonds. The van der Waals surface area contributed by atoms with E-state index < -0.39 is 12.1 Å². The number of carbonyl (C=O) groups is 2. The average Bonchev–Trinajstić information content (AvgIpc) is 2.90. The van der Waals surface area contributed by atoms with Gasteiger partial charge in [0.1, 0.15) is 5.75 Å². The van der Waals surface area contributed by atoms with Crippen LogP contribution in [0, 0.1) is 0 Å². The van der Waals surface area contributed by atoms with E-state index in [4.69, 9.17) is 9.47 Å². The van der Waals surface area contributed by atoms with Crippen molar-refractivity contribution in [3.05, 3.63) is 59.8 Å². The van der Waals surface area contributed by atoms with Crippen molar-refractivity contribution < 1.29 is 24.2 Å². The topological polar surface area (TPSA) is 110 Å². The lowest BCUT2D eigenvalue weighted by atomic mass is 9.92. The Labute approximate surface area is 220 Å². The van der Waals surface area contributed by atoms with E-state index in [1.807, 2.05) is 48.7 Å². The molecule has 9 heteroatoms.